The number of methoxy groups -OCH3 is 2. The Balaban J connectivity index is 2.87. The monoisotopic (exact) mass is 352 g/mol. The van der Waals surface area contributed by atoms with E-state index in [1.165, 1.54) is 18.1 Å². The molecule has 0 heterocycles. The molecule has 8 nitrogen and oxygen atoms in total. The van der Waals surface area contributed by atoms with Gasteiger partial charge in [0.1, 0.15) is 0 Å². The summed E-state index contributed by atoms with van der Waals surface area (Å²) in [6.45, 7) is 2.74. The molecule has 1 rings (SSSR count). The largest absolute Gasteiger partial charge is 0.469 e. The second-order valence-corrected chi connectivity index (χ2v) is 5.67. The van der Waals surface area contributed by atoms with Gasteiger partial charge in [-0.25, -0.2) is 0 Å². The lowest BCUT2D eigenvalue weighted by Crippen LogP contribution is -2.39. The maximum absolute atomic E-state index is 12.6. The van der Waals surface area contributed by atoms with Gasteiger partial charge in [0, 0.05) is 38.4 Å². The average molecular weight is 352 g/mol. The van der Waals surface area contributed by atoms with E-state index in [-0.39, 0.29) is 24.6 Å². The van der Waals surface area contributed by atoms with Crippen molar-refractivity contribution >= 4 is 17.6 Å². The molecule has 0 bridgehead atoms. The Labute approximate surface area is 146 Å². The van der Waals surface area contributed by atoms with Crippen LogP contribution in [-0.2, 0) is 25.5 Å². The number of nitro groups is 1. The second-order valence-electron chi connectivity index (χ2n) is 5.67. The molecule has 1 amide bonds. The summed E-state index contributed by atoms with van der Waals surface area (Å²) in [5.74, 6) is -1.17. The number of hydrogen-bond donors (Lipinski definition) is 0. The van der Waals surface area contributed by atoms with E-state index in [9.17, 15) is 19.7 Å². The molecule has 0 N–H and O–H groups in total. The topological polar surface area (TPSA) is 99.0 Å². The number of amides is 1. The van der Waals surface area contributed by atoms with Crippen LogP contribution in [0, 0.1) is 16.0 Å². The van der Waals surface area contributed by atoms with Gasteiger partial charge in [-0.2, -0.15) is 0 Å². The van der Waals surface area contributed by atoms with Crippen molar-refractivity contribution in [1.82, 2.24) is 4.90 Å². The summed E-state index contributed by atoms with van der Waals surface area (Å²) >= 11 is 0. The minimum absolute atomic E-state index is 0.0892. The second kappa shape index (κ2) is 10.4. The van der Waals surface area contributed by atoms with Gasteiger partial charge >= 0.3 is 5.97 Å². The van der Waals surface area contributed by atoms with E-state index in [2.05, 4.69) is 0 Å². The lowest BCUT2D eigenvalue weighted by Gasteiger charge is -2.25. The van der Waals surface area contributed by atoms with E-state index in [4.69, 9.17) is 9.47 Å². The first kappa shape index (κ1) is 20.6. The molecule has 138 valence electrons. The number of benzene rings is 1. The van der Waals surface area contributed by atoms with Crippen LogP contribution in [0.15, 0.2) is 24.3 Å². The van der Waals surface area contributed by atoms with Gasteiger partial charge in [-0.3, -0.25) is 19.7 Å². The third-order valence-corrected chi connectivity index (χ3v) is 3.76. The summed E-state index contributed by atoms with van der Waals surface area (Å²) in [4.78, 5) is 36.4. The maximum Gasteiger partial charge on any atom is 0.310 e. The van der Waals surface area contributed by atoms with Crippen molar-refractivity contribution in [2.75, 3.05) is 33.9 Å². The fourth-order valence-corrected chi connectivity index (χ4v) is 2.44. The van der Waals surface area contributed by atoms with Gasteiger partial charge in [0.05, 0.1) is 24.4 Å². The van der Waals surface area contributed by atoms with Crippen molar-refractivity contribution in [3.63, 3.8) is 0 Å². The standard InChI is InChI=1S/C17H24N2O6/c1-13(17(21)25-3)12-18(9-6-10-24-2)16(20)11-14-7-4-5-8-15(14)19(22)23/h4-5,7-8,13H,6,9-12H2,1-3H3. The van der Waals surface area contributed by atoms with Gasteiger partial charge in [0.15, 0.2) is 0 Å². The van der Waals surface area contributed by atoms with Crippen LogP contribution >= 0.6 is 0 Å². The molecule has 1 unspecified atom stereocenters. The zero-order chi connectivity index (χ0) is 18.8. The Bertz CT molecular complexity index is 605. The summed E-state index contributed by atoms with van der Waals surface area (Å²) < 4.78 is 9.69. The van der Waals surface area contributed by atoms with Gasteiger partial charge in [-0.1, -0.05) is 25.1 Å². The quantitative estimate of drug-likeness (QED) is 0.276. The van der Waals surface area contributed by atoms with Crippen LogP contribution < -0.4 is 0 Å². The van der Waals surface area contributed by atoms with Gasteiger partial charge in [0.25, 0.3) is 5.69 Å². The number of carbonyl (C=O) groups is 2. The van der Waals surface area contributed by atoms with Crippen LogP contribution in [0.1, 0.15) is 18.9 Å². The molecule has 1 atom stereocenters. The molecule has 0 aliphatic heterocycles. The molecule has 0 saturated carbocycles. The van der Waals surface area contributed by atoms with Gasteiger partial charge in [-0.15, -0.1) is 0 Å². The fraction of sp³-hybridized carbons (Fsp3) is 0.529. The molecule has 0 saturated heterocycles. The van der Waals surface area contributed by atoms with Crippen LogP contribution in [0.2, 0.25) is 0 Å². The van der Waals surface area contributed by atoms with Gasteiger partial charge in [-0.05, 0) is 6.42 Å². The lowest BCUT2D eigenvalue weighted by molar-refractivity contribution is -0.385. The van der Waals surface area contributed by atoms with E-state index < -0.39 is 16.8 Å². The van der Waals surface area contributed by atoms with E-state index in [1.54, 1.807) is 32.2 Å². The average Bonchev–Trinajstić information content (AvgIpc) is 2.60. The minimum Gasteiger partial charge on any atom is -0.469 e. The lowest BCUT2D eigenvalue weighted by atomic mass is 10.1. The summed E-state index contributed by atoms with van der Waals surface area (Å²) in [6.07, 6.45) is 0.505. The molecule has 0 aliphatic rings. The number of nitro benzene ring substituents is 1. The van der Waals surface area contributed by atoms with Crippen molar-refractivity contribution in [1.29, 1.82) is 0 Å². The number of hydrogen-bond acceptors (Lipinski definition) is 6. The molecule has 1 aromatic carbocycles. The van der Waals surface area contributed by atoms with Crippen LogP contribution in [0.4, 0.5) is 5.69 Å². The third kappa shape index (κ3) is 6.50. The Morgan fingerprint density at radius 1 is 1.28 bits per heavy atom. The summed E-state index contributed by atoms with van der Waals surface area (Å²) in [6, 6.07) is 6.14. The third-order valence-electron chi connectivity index (χ3n) is 3.76. The predicted molar refractivity (Wildman–Crippen MR) is 91.1 cm³/mol. The van der Waals surface area contributed by atoms with E-state index in [0.29, 0.717) is 25.1 Å². The zero-order valence-corrected chi connectivity index (χ0v) is 14.8. The Kier molecular flexibility index (Phi) is 8.55. The van der Waals surface area contributed by atoms with E-state index in [0.717, 1.165) is 0 Å². The van der Waals surface area contributed by atoms with E-state index >= 15 is 0 Å². The first-order chi connectivity index (χ1) is 11.9. The van der Waals surface area contributed by atoms with E-state index in [1.807, 2.05) is 0 Å². The molecular formula is C17H24N2O6. The van der Waals surface area contributed by atoms with Crippen LogP contribution in [0.3, 0.4) is 0 Å². The smallest absolute Gasteiger partial charge is 0.310 e. The zero-order valence-electron chi connectivity index (χ0n) is 14.8. The molecule has 25 heavy (non-hydrogen) atoms. The van der Waals surface area contributed by atoms with Crippen LogP contribution in [0.25, 0.3) is 0 Å². The first-order valence-corrected chi connectivity index (χ1v) is 7.97. The first-order valence-electron chi connectivity index (χ1n) is 7.97. The Morgan fingerprint density at radius 2 is 1.96 bits per heavy atom. The highest BCUT2D eigenvalue weighted by atomic mass is 16.6. The van der Waals surface area contributed by atoms with Crippen molar-refractivity contribution in [3.05, 3.63) is 39.9 Å². The number of carbonyl (C=O) groups excluding carboxylic acids is 2. The number of para-hydroxylation sites is 1. The highest BCUT2D eigenvalue weighted by Crippen LogP contribution is 2.19. The summed E-state index contributed by atoms with van der Waals surface area (Å²) in [7, 11) is 2.86. The summed E-state index contributed by atoms with van der Waals surface area (Å²) in [5.41, 5.74) is 0.258. The molecular weight excluding hydrogens is 328 g/mol. The highest BCUT2D eigenvalue weighted by molar-refractivity contribution is 5.81. The SMILES string of the molecule is COCCCN(CC(C)C(=O)OC)C(=O)Cc1ccccc1[N+](=O)[O-]. The Morgan fingerprint density at radius 3 is 2.56 bits per heavy atom. The molecule has 0 spiro atoms. The van der Waals surface area contributed by atoms with Crippen LogP contribution in [0.5, 0.6) is 0 Å². The molecule has 0 fully saturated rings. The van der Waals surface area contributed by atoms with Gasteiger partial charge < -0.3 is 14.4 Å². The van der Waals surface area contributed by atoms with Crippen molar-refractivity contribution in [2.45, 2.75) is 19.8 Å². The van der Waals surface area contributed by atoms with Gasteiger partial charge in [0.2, 0.25) is 5.91 Å². The molecule has 0 radical (unpaired) electrons. The number of rotatable bonds is 10. The normalized spacial score (nSPS) is 11.6. The van der Waals surface area contributed by atoms with Crippen molar-refractivity contribution in [3.8, 4) is 0 Å². The molecule has 8 heteroatoms. The predicted octanol–water partition coefficient (Wildman–Crippen LogP) is 1.81. The maximum atomic E-state index is 12.6. The molecule has 0 aliphatic carbocycles. The number of esters is 1. The number of nitrogens with zero attached hydrogens (tertiary/aromatic N) is 2. The highest BCUT2D eigenvalue weighted by Gasteiger charge is 2.23. The van der Waals surface area contributed by atoms with Crippen molar-refractivity contribution < 1.29 is 24.0 Å². The van der Waals surface area contributed by atoms with Crippen molar-refractivity contribution in [2.24, 2.45) is 5.92 Å². The minimum atomic E-state index is -0.505. The molecule has 1 aromatic rings. The molecule has 0 aromatic heterocycles. The fourth-order valence-electron chi connectivity index (χ4n) is 2.44. The van der Waals surface area contributed by atoms with Crippen LogP contribution in [-0.4, -0.2) is 55.6 Å². The Hall–Kier alpha value is -2.48. The number of ether oxygens (including phenoxy) is 2. The summed E-state index contributed by atoms with van der Waals surface area (Å²) in [5, 5.41) is 11.1.